The Labute approximate surface area is 118 Å². The van der Waals surface area contributed by atoms with E-state index in [0.29, 0.717) is 11.4 Å². The number of carbonyl (C=O) groups is 1. The average molecular weight is 296 g/mol. The largest absolute Gasteiger partial charge is 0.464 e. The Morgan fingerprint density at radius 3 is 2.50 bits per heavy atom. The molecule has 7 nitrogen and oxygen atoms in total. The zero-order valence-electron chi connectivity index (χ0n) is 10.7. The van der Waals surface area contributed by atoms with E-state index in [1.807, 2.05) is 0 Å². The average Bonchev–Trinajstić information content (AvgIpc) is 2.75. The molecule has 1 aromatic carbocycles. The van der Waals surface area contributed by atoms with Gasteiger partial charge in [0.1, 0.15) is 0 Å². The smallest absolute Gasteiger partial charge is 0.360 e. The molecule has 8 heteroatoms. The third-order valence-electron chi connectivity index (χ3n) is 2.73. The predicted molar refractivity (Wildman–Crippen MR) is 71.3 cm³/mol. The summed E-state index contributed by atoms with van der Waals surface area (Å²) in [6, 6.07) is 5.75. The van der Waals surface area contributed by atoms with Gasteiger partial charge in [0.2, 0.25) is 0 Å². The zero-order valence-corrected chi connectivity index (χ0v) is 11.4. The zero-order chi connectivity index (χ0) is 14.9. The molecule has 0 saturated carbocycles. The van der Waals surface area contributed by atoms with Gasteiger partial charge in [0.25, 0.3) is 5.69 Å². The highest BCUT2D eigenvalue weighted by Crippen LogP contribution is 2.24. The van der Waals surface area contributed by atoms with Crippen molar-refractivity contribution in [3.05, 3.63) is 50.8 Å². The fourth-order valence-electron chi connectivity index (χ4n) is 1.68. The molecule has 0 atom stereocenters. The van der Waals surface area contributed by atoms with Gasteiger partial charge in [-0.05, 0) is 19.1 Å². The number of non-ortho nitro benzene ring substituents is 1. The van der Waals surface area contributed by atoms with E-state index >= 15 is 0 Å². The molecule has 2 rings (SSSR count). The molecule has 1 aromatic heterocycles. The number of nitro groups is 1. The maximum Gasteiger partial charge on any atom is 0.360 e. The van der Waals surface area contributed by atoms with Crippen molar-refractivity contribution in [3.63, 3.8) is 0 Å². The Hall–Kier alpha value is -2.41. The fourth-order valence-corrected chi connectivity index (χ4v) is 1.87. The van der Waals surface area contributed by atoms with E-state index in [9.17, 15) is 14.9 Å². The molecular formula is C12H10ClN3O4. The number of ether oxygens (including phenoxy) is 1. The van der Waals surface area contributed by atoms with E-state index in [0.717, 1.165) is 0 Å². The van der Waals surface area contributed by atoms with Gasteiger partial charge >= 0.3 is 5.97 Å². The number of hydrogen-bond acceptors (Lipinski definition) is 5. The normalized spacial score (nSPS) is 10.3. The Balaban J connectivity index is 2.48. The highest BCUT2D eigenvalue weighted by atomic mass is 35.5. The monoisotopic (exact) mass is 295 g/mol. The molecule has 0 bridgehead atoms. The van der Waals surface area contributed by atoms with Gasteiger partial charge < -0.3 is 4.74 Å². The predicted octanol–water partition coefficient (Wildman–Crippen LogP) is 2.53. The topological polar surface area (TPSA) is 87.3 Å². The van der Waals surface area contributed by atoms with Gasteiger partial charge in [-0.1, -0.05) is 11.6 Å². The number of benzene rings is 1. The van der Waals surface area contributed by atoms with E-state index in [1.165, 1.54) is 36.1 Å². The first-order valence-electron chi connectivity index (χ1n) is 5.54. The first-order chi connectivity index (χ1) is 9.45. The van der Waals surface area contributed by atoms with Crippen molar-refractivity contribution in [1.29, 1.82) is 0 Å². The van der Waals surface area contributed by atoms with E-state index in [1.54, 1.807) is 6.92 Å². The van der Waals surface area contributed by atoms with Crippen LogP contribution in [0.5, 0.6) is 0 Å². The van der Waals surface area contributed by atoms with Crippen LogP contribution in [-0.4, -0.2) is 27.8 Å². The molecule has 0 saturated heterocycles. The molecule has 0 aliphatic heterocycles. The van der Waals surface area contributed by atoms with Gasteiger partial charge in [0.05, 0.1) is 28.4 Å². The maximum absolute atomic E-state index is 11.5. The van der Waals surface area contributed by atoms with Crippen molar-refractivity contribution in [2.24, 2.45) is 0 Å². The van der Waals surface area contributed by atoms with Crippen molar-refractivity contribution < 1.29 is 14.5 Å². The second-order valence-electron chi connectivity index (χ2n) is 3.92. The lowest BCUT2D eigenvalue weighted by Crippen LogP contribution is -2.04. The first-order valence-corrected chi connectivity index (χ1v) is 5.91. The van der Waals surface area contributed by atoms with Crippen LogP contribution in [0.3, 0.4) is 0 Å². The van der Waals surface area contributed by atoms with Crippen LogP contribution in [0.25, 0.3) is 5.69 Å². The Morgan fingerprint density at radius 1 is 1.40 bits per heavy atom. The summed E-state index contributed by atoms with van der Waals surface area (Å²) in [6.45, 7) is 1.68. The van der Waals surface area contributed by atoms with Gasteiger partial charge in [-0.15, -0.1) is 0 Å². The van der Waals surface area contributed by atoms with Gasteiger partial charge in [-0.25, -0.2) is 9.48 Å². The van der Waals surface area contributed by atoms with Crippen LogP contribution in [0.15, 0.2) is 24.3 Å². The minimum absolute atomic E-state index is 0.00465. The summed E-state index contributed by atoms with van der Waals surface area (Å²) in [6.07, 6.45) is 0. The maximum atomic E-state index is 11.5. The lowest BCUT2D eigenvalue weighted by Gasteiger charge is -2.03. The molecule has 0 N–H and O–H groups in total. The molecule has 1 heterocycles. The second-order valence-corrected chi connectivity index (χ2v) is 4.30. The molecule has 0 aliphatic rings. The first kappa shape index (κ1) is 14.0. The minimum atomic E-state index is -0.640. The van der Waals surface area contributed by atoms with Crippen molar-refractivity contribution in [2.45, 2.75) is 6.92 Å². The lowest BCUT2D eigenvalue weighted by atomic mass is 10.3. The van der Waals surface area contributed by atoms with Crippen molar-refractivity contribution >= 4 is 23.3 Å². The standard InChI is InChI=1S/C12H10ClN3O4/c1-7-10(13)11(12(17)20-2)14-15(7)8-3-5-9(6-4-8)16(18)19/h3-6H,1-2H3. The molecule has 0 radical (unpaired) electrons. The number of carbonyl (C=O) groups excluding carboxylic acids is 1. The molecule has 0 amide bonds. The van der Waals surface area contributed by atoms with Crippen LogP contribution in [0, 0.1) is 17.0 Å². The second kappa shape index (κ2) is 5.30. The number of nitrogens with zero attached hydrogens (tertiary/aromatic N) is 3. The summed E-state index contributed by atoms with van der Waals surface area (Å²) in [5.41, 5.74) is 1.08. The molecule has 104 valence electrons. The molecule has 0 aliphatic carbocycles. The number of esters is 1. The molecule has 0 fully saturated rings. The molecule has 0 unspecified atom stereocenters. The Kier molecular flexibility index (Phi) is 3.71. The van der Waals surface area contributed by atoms with E-state index in [4.69, 9.17) is 11.6 Å². The molecule has 0 spiro atoms. The third-order valence-corrected chi connectivity index (χ3v) is 3.18. The van der Waals surface area contributed by atoms with Crippen LogP contribution < -0.4 is 0 Å². The number of rotatable bonds is 3. The van der Waals surface area contributed by atoms with E-state index in [-0.39, 0.29) is 16.4 Å². The highest BCUT2D eigenvalue weighted by molar-refractivity contribution is 6.34. The van der Waals surface area contributed by atoms with Gasteiger partial charge in [0.15, 0.2) is 5.69 Å². The van der Waals surface area contributed by atoms with Crippen LogP contribution in [0.2, 0.25) is 5.02 Å². The summed E-state index contributed by atoms with van der Waals surface area (Å²) in [5, 5.41) is 14.9. The molecule has 20 heavy (non-hydrogen) atoms. The minimum Gasteiger partial charge on any atom is -0.464 e. The number of methoxy groups -OCH3 is 1. The van der Waals surface area contributed by atoms with Gasteiger partial charge in [0, 0.05) is 12.1 Å². The Bertz CT molecular complexity index is 679. The van der Waals surface area contributed by atoms with Crippen LogP contribution >= 0.6 is 11.6 Å². The third kappa shape index (κ3) is 2.35. The number of aromatic nitrogens is 2. The number of nitro benzene ring substituents is 1. The van der Waals surface area contributed by atoms with Crippen molar-refractivity contribution in [1.82, 2.24) is 9.78 Å². The quantitative estimate of drug-likeness (QED) is 0.493. The highest BCUT2D eigenvalue weighted by Gasteiger charge is 2.20. The summed E-state index contributed by atoms with van der Waals surface area (Å²) in [4.78, 5) is 21.6. The van der Waals surface area contributed by atoms with Crippen molar-refractivity contribution in [2.75, 3.05) is 7.11 Å². The van der Waals surface area contributed by atoms with Gasteiger partial charge in [-0.2, -0.15) is 5.10 Å². The lowest BCUT2D eigenvalue weighted by molar-refractivity contribution is -0.384. The fraction of sp³-hybridized carbons (Fsp3) is 0.167. The van der Waals surface area contributed by atoms with Crippen molar-refractivity contribution in [3.8, 4) is 5.69 Å². The summed E-state index contributed by atoms with van der Waals surface area (Å²) in [7, 11) is 1.24. The molecular weight excluding hydrogens is 286 g/mol. The van der Waals surface area contributed by atoms with Crippen LogP contribution in [0.4, 0.5) is 5.69 Å². The molecule has 2 aromatic rings. The number of hydrogen-bond donors (Lipinski definition) is 0. The summed E-state index contributed by atoms with van der Waals surface area (Å²) < 4.78 is 6.01. The van der Waals surface area contributed by atoms with Crippen LogP contribution in [0.1, 0.15) is 16.2 Å². The van der Waals surface area contributed by atoms with Gasteiger partial charge in [-0.3, -0.25) is 10.1 Å². The number of halogens is 1. The SMILES string of the molecule is COC(=O)c1nn(-c2ccc([N+](=O)[O-])cc2)c(C)c1Cl. The van der Waals surface area contributed by atoms with Crippen LogP contribution in [-0.2, 0) is 4.74 Å². The van der Waals surface area contributed by atoms with E-state index in [2.05, 4.69) is 9.84 Å². The summed E-state index contributed by atoms with van der Waals surface area (Å²) >= 11 is 6.03. The Morgan fingerprint density at radius 2 is 2.00 bits per heavy atom. The van der Waals surface area contributed by atoms with E-state index < -0.39 is 10.9 Å². The summed E-state index contributed by atoms with van der Waals surface area (Å²) in [5.74, 6) is -0.640.